The molecule has 1 aromatic carbocycles. The van der Waals surface area contributed by atoms with E-state index in [4.69, 9.17) is 4.74 Å². The van der Waals surface area contributed by atoms with Gasteiger partial charge in [0.05, 0.1) is 23.2 Å². The van der Waals surface area contributed by atoms with Crippen LogP contribution in [0.4, 0.5) is 5.69 Å². The van der Waals surface area contributed by atoms with Gasteiger partial charge in [-0.1, -0.05) is 6.07 Å². The highest BCUT2D eigenvalue weighted by atomic mass is 79.9. The van der Waals surface area contributed by atoms with E-state index in [0.29, 0.717) is 13.2 Å². The summed E-state index contributed by atoms with van der Waals surface area (Å²) in [6, 6.07) is 4.40. The Kier molecular flexibility index (Phi) is 6.09. The van der Waals surface area contributed by atoms with Gasteiger partial charge in [0.2, 0.25) is 0 Å². The fourth-order valence-electron chi connectivity index (χ4n) is 1.56. The maximum Gasteiger partial charge on any atom is 0.284 e. The lowest BCUT2D eigenvalue weighted by Crippen LogP contribution is -2.31. The van der Waals surface area contributed by atoms with Gasteiger partial charge in [0, 0.05) is 19.7 Å². The van der Waals surface area contributed by atoms with E-state index in [-0.39, 0.29) is 27.7 Å². The number of nitrogens with zero attached hydrogens (tertiary/aromatic N) is 2. The van der Waals surface area contributed by atoms with Crippen molar-refractivity contribution < 1.29 is 14.5 Å². The minimum atomic E-state index is -0.525. The van der Waals surface area contributed by atoms with Crippen LogP contribution in [0.2, 0.25) is 0 Å². The summed E-state index contributed by atoms with van der Waals surface area (Å²) < 4.78 is 5.58. The normalized spacial score (nSPS) is 10.7. The van der Waals surface area contributed by atoms with E-state index in [1.54, 1.807) is 13.1 Å². The van der Waals surface area contributed by atoms with Gasteiger partial charge in [0.25, 0.3) is 11.6 Å². The van der Waals surface area contributed by atoms with Crippen LogP contribution in [0.1, 0.15) is 24.2 Å². The molecule has 0 atom stereocenters. The van der Waals surface area contributed by atoms with E-state index in [9.17, 15) is 14.9 Å². The Morgan fingerprint density at radius 3 is 2.70 bits per heavy atom. The zero-order valence-corrected chi connectivity index (χ0v) is 13.2. The van der Waals surface area contributed by atoms with Crippen molar-refractivity contribution in [2.75, 3.05) is 20.2 Å². The summed E-state index contributed by atoms with van der Waals surface area (Å²) >= 11 is 3.12. The Morgan fingerprint density at radius 1 is 1.50 bits per heavy atom. The molecule has 0 aromatic heterocycles. The maximum absolute atomic E-state index is 12.2. The van der Waals surface area contributed by atoms with Gasteiger partial charge in [-0.15, -0.1) is 0 Å². The number of halogens is 1. The van der Waals surface area contributed by atoms with E-state index in [0.717, 1.165) is 0 Å². The number of nitro groups is 1. The van der Waals surface area contributed by atoms with Gasteiger partial charge in [0.1, 0.15) is 4.47 Å². The van der Waals surface area contributed by atoms with Crippen molar-refractivity contribution in [1.29, 1.82) is 0 Å². The van der Waals surface area contributed by atoms with Crippen LogP contribution in [-0.2, 0) is 4.74 Å². The number of rotatable bonds is 6. The summed E-state index contributed by atoms with van der Waals surface area (Å²) in [6.45, 7) is 4.68. The number of nitro benzene ring substituents is 1. The molecule has 0 aliphatic rings. The smallest absolute Gasteiger partial charge is 0.284 e. The van der Waals surface area contributed by atoms with Crippen LogP contribution in [0.25, 0.3) is 0 Å². The molecule has 1 rings (SSSR count). The number of likely N-dealkylation sites (N-methyl/N-ethyl adjacent to an activating group) is 1. The van der Waals surface area contributed by atoms with Gasteiger partial charge < -0.3 is 9.64 Å². The number of carbonyl (C=O) groups excluding carboxylic acids is 1. The summed E-state index contributed by atoms with van der Waals surface area (Å²) in [5.74, 6) is -0.284. The van der Waals surface area contributed by atoms with Gasteiger partial charge in [0.15, 0.2) is 0 Å². The first kappa shape index (κ1) is 16.6. The van der Waals surface area contributed by atoms with E-state index in [1.807, 2.05) is 13.8 Å². The minimum absolute atomic E-state index is 0.100. The molecule has 0 N–H and O–H groups in total. The zero-order chi connectivity index (χ0) is 15.3. The highest BCUT2D eigenvalue weighted by Crippen LogP contribution is 2.28. The molecule has 0 aliphatic carbocycles. The van der Waals surface area contributed by atoms with Crippen molar-refractivity contribution in [3.8, 4) is 0 Å². The molecule has 0 unspecified atom stereocenters. The number of hydrogen-bond donors (Lipinski definition) is 0. The molecule has 20 heavy (non-hydrogen) atoms. The second kappa shape index (κ2) is 7.35. The van der Waals surface area contributed by atoms with Crippen molar-refractivity contribution in [3.05, 3.63) is 38.3 Å². The van der Waals surface area contributed by atoms with E-state index >= 15 is 0 Å². The molecule has 0 saturated heterocycles. The molecule has 110 valence electrons. The first-order valence-electron chi connectivity index (χ1n) is 6.14. The molecular weight excluding hydrogens is 328 g/mol. The van der Waals surface area contributed by atoms with E-state index < -0.39 is 4.92 Å². The van der Waals surface area contributed by atoms with Gasteiger partial charge >= 0.3 is 0 Å². The summed E-state index contributed by atoms with van der Waals surface area (Å²) in [5.41, 5.74) is 0.147. The molecule has 1 aromatic rings. The number of ether oxygens (including phenoxy) is 1. The molecule has 0 radical (unpaired) electrons. The average Bonchev–Trinajstić information content (AvgIpc) is 2.37. The summed E-state index contributed by atoms with van der Waals surface area (Å²) in [5, 5.41) is 10.8. The SMILES string of the molecule is CC(C)OCCN(C)C(=O)c1cccc([N+](=O)[O-])c1Br. The Bertz CT molecular complexity index is 505. The molecule has 6 nitrogen and oxygen atoms in total. The third kappa shape index (κ3) is 4.28. The number of benzene rings is 1. The van der Waals surface area contributed by atoms with Crippen molar-refractivity contribution in [2.24, 2.45) is 0 Å². The molecule has 1 amide bonds. The molecular formula is C13H17BrN2O4. The van der Waals surface area contributed by atoms with Crippen LogP contribution >= 0.6 is 15.9 Å². The van der Waals surface area contributed by atoms with Gasteiger partial charge in [-0.05, 0) is 35.8 Å². The summed E-state index contributed by atoms with van der Waals surface area (Å²) in [7, 11) is 1.64. The van der Waals surface area contributed by atoms with Crippen LogP contribution < -0.4 is 0 Å². The fourth-order valence-corrected chi connectivity index (χ4v) is 2.14. The Morgan fingerprint density at radius 2 is 2.15 bits per heavy atom. The molecule has 0 heterocycles. The Hall–Kier alpha value is -1.47. The second-order valence-corrected chi connectivity index (χ2v) is 5.34. The largest absolute Gasteiger partial charge is 0.377 e. The van der Waals surface area contributed by atoms with Crippen molar-refractivity contribution in [2.45, 2.75) is 20.0 Å². The number of carbonyl (C=O) groups is 1. The third-order valence-corrected chi connectivity index (χ3v) is 3.46. The van der Waals surface area contributed by atoms with Gasteiger partial charge in [-0.25, -0.2) is 0 Å². The molecule has 7 heteroatoms. The van der Waals surface area contributed by atoms with E-state index in [2.05, 4.69) is 15.9 Å². The average molecular weight is 345 g/mol. The molecule has 0 fully saturated rings. The van der Waals surface area contributed by atoms with E-state index in [1.165, 1.54) is 17.0 Å². The van der Waals surface area contributed by atoms with Crippen LogP contribution in [0.5, 0.6) is 0 Å². The number of amides is 1. The quantitative estimate of drug-likeness (QED) is 0.587. The van der Waals surface area contributed by atoms with Crippen molar-refractivity contribution in [1.82, 2.24) is 4.90 Å². The highest BCUT2D eigenvalue weighted by molar-refractivity contribution is 9.10. The maximum atomic E-state index is 12.2. The molecule has 0 bridgehead atoms. The molecule has 0 saturated carbocycles. The predicted molar refractivity (Wildman–Crippen MR) is 78.8 cm³/mol. The second-order valence-electron chi connectivity index (χ2n) is 4.54. The topological polar surface area (TPSA) is 72.7 Å². The molecule has 0 aliphatic heterocycles. The lowest BCUT2D eigenvalue weighted by Gasteiger charge is -2.18. The monoisotopic (exact) mass is 344 g/mol. The lowest BCUT2D eigenvalue weighted by molar-refractivity contribution is -0.385. The van der Waals surface area contributed by atoms with Gasteiger partial charge in [-0.3, -0.25) is 14.9 Å². The van der Waals surface area contributed by atoms with Crippen molar-refractivity contribution in [3.63, 3.8) is 0 Å². The Balaban J connectivity index is 2.81. The summed E-state index contributed by atoms with van der Waals surface area (Å²) in [4.78, 5) is 24.0. The van der Waals surface area contributed by atoms with Crippen LogP contribution in [-0.4, -0.2) is 42.0 Å². The first-order valence-corrected chi connectivity index (χ1v) is 6.94. The van der Waals surface area contributed by atoms with Crippen LogP contribution in [0.15, 0.2) is 22.7 Å². The lowest BCUT2D eigenvalue weighted by atomic mass is 10.2. The van der Waals surface area contributed by atoms with Gasteiger partial charge in [-0.2, -0.15) is 0 Å². The summed E-state index contributed by atoms with van der Waals surface area (Å²) in [6.07, 6.45) is 0.100. The Labute approximate surface area is 126 Å². The standard InChI is InChI=1S/C13H17BrN2O4/c1-9(2)20-8-7-15(3)13(17)10-5-4-6-11(12(10)14)16(18)19/h4-6,9H,7-8H2,1-3H3. The fraction of sp³-hybridized carbons (Fsp3) is 0.462. The third-order valence-electron chi connectivity index (χ3n) is 2.63. The van der Waals surface area contributed by atoms with Crippen molar-refractivity contribution >= 4 is 27.5 Å². The molecule has 0 spiro atoms. The minimum Gasteiger partial charge on any atom is -0.377 e. The predicted octanol–water partition coefficient (Wildman–Crippen LogP) is 2.85. The number of hydrogen-bond acceptors (Lipinski definition) is 4. The highest BCUT2D eigenvalue weighted by Gasteiger charge is 2.21. The zero-order valence-electron chi connectivity index (χ0n) is 11.6. The van der Waals surface area contributed by atoms with Crippen LogP contribution in [0, 0.1) is 10.1 Å². The first-order chi connectivity index (χ1) is 9.34. The van der Waals surface area contributed by atoms with Crippen LogP contribution in [0.3, 0.4) is 0 Å².